The van der Waals surface area contributed by atoms with Crippen molar-refractivity contribution in [1.82, 2.24) is 4.98 Å². The summed E-state index contributed by atoms with van der Waals surface area (Å²) in [6.07, 6.45) is 3.34. The molecule has 4 heteroatoms. The molecule has 1 aromatic rings. The van der Waals surface area contributed by atoms with Gasteiger partial charge in [-0.2, -0.15) is 6.07 Å². The Hall–Kier alpha value is -0.0805. The zero-order chi connectivity index (χ0) is 8.24. The molecule has 0 bridgehead atoms. The molecule has 0 aliphatic rings. The second-order valence-electron chi connectivity index (χ2n) is 0.953. The molecule has 0 aliphatic heterocycles. The summed E-state index contributed by atoms with van der Waals surface area (Å²) in [5.41, 5.74) is 0. The first-order valence-electron chi connectivity index (χ1n) is 2.32. The number of aliphatic hydroxyl groups is 1. The minimum atomic E-state index is 0. The largest absolute Gasteiger partial charge is 0.304 e. The molecule has 1 heterocycles. The Kier molecular flexibility index (Phi) is 35.1. The van der Waals surface area contributed by atoms with E-state index in [0.29, 0.717) is 0 Å². The number of hydrogen-bond acceptors (Lipinski definition) is 2. The molecule has 1 rings (SSSR count). The second kappa shape index (κ2) is 22.5. The molecule has 2 nitrogen and oxygen atoms in total. The molecule has 0 aliphatic carbocycles. The van der Waals surface area contributed by atoms with E-state index in [1.807, 2.05) is 12.1 Å². The summed E-state index contributed by atoms with van der Waals surface area (Å²) >= 11 is 3.66. The van der Waals surface area contributed by atoms with Gasteiger partial charge in [0, 0.05) is 7.11 Å². The van der Waals surface area contributed by atoms with Crippen LogP contribution in [-0.4, -0.2) is 17.2 Å². The van der Waals surface area contributed by atoms with Crippen LogP contribution < -0.4 is 0 Å². The Morgan fingerprint density at radius 1 is 1.45 bits per heavy atom. The predicted molar refractivity (Wildman–Crippen MR) is 43.5 cm³/mol. The standard InChI is InChI=1S/C5H4N.CH4O.CH3.ClH.Cu/c1-2-4-6-5-3-1;1-2;;;/h1-2,4-5H;2H,1H3;1H3;1H;/q-1;;-1;;+1/p-1. The van der Waals surface area contributed by atoms with Crippen molar-refractivity contribution < 1.29 is 20.2 Å². The summed E-state index contributed by atoms with van der Waals surface area (Å²) in [6.45, 7) is 0. The van der Waals surface area contributed by atoms with Crippen molar-refractivity contribution in [2.24, 2.45) is 0 Å². The molecular weight excluding hydrogens is 213 g/mol. The minimum Gasteiger partial charge on any atom is -0.304 e. The van der Waals surface area contributed by atoms with Gasteiger partial charge in [-0.1, -0.05) is 12.4 Å². The van der Waals surface area contributed by atoms with E-state index in [4.69, 9.17) is 5.11 Å². The predicted octanol–water partition coefficient (Wildman–Crippen LogP) is 1.63. The quantitative estimate of drug-likeness (QED) is 0.536. The second-order valence-corrected chi connectivity index (χ2v) is 0.953. The SMILES string of the molecule is CO.[CH3-].[Cl][Cu].[c-]1cccnc1. The summed E-state index contributed by atoms with van der Waals surface area (Å²) in [6, 6.07) is 6.43. The topological polar surface area (TPSA) is 33.1 Å². The fraction of sp³-hybridized carbons (Fsp3) is 0.143. The number of aliphatic hydroxyl groups excluding tert-OH is 1. The number of halogens is 1. The van der Waals surface area contributed by atoms with Gasteiger partial charge < -0.3 is 17.5 Å². The number of nitrogens with zero attached hydrogens (tertiary/aromatic N) is 1. The molecule has 0 saturated heterocycles. The molecule has 0 atom stereocenters. The number of rotatable bonds is 0. The van der Waals surface area contributed by atoms with Crippen LogP contribution in [0.1, 0.15) is 0 Å². The number of pyridine rings is 1. The third kappa shape index (κ3) is 17.8. The molecule has 0 radical (unpaired) electrons. The van der Waals surface area contributed by atoms with E-state index in [1.165, 1.54) is 0 Å². The summed E-state index contributed by atoms with van der Waals surface area (Å²) in [4.78, 5) is 3.73. The van der Waals surface area contributed by atoms with Crippen molar-refractivity contribution in [3.63, 3.8) is 0 Å². The minimum absolute atomic E-state index is 0. The van der Waals surface area contributed by atoms with Crippen LogP contribution >= 0.6 is 10.1 Å². The van der Waals surface area contributed by atoms with Gasteiger partial charge in [0.2, 0.25) is 0 Å². The molecule has 0 amide bonds. The van der Waals surface area contributed by atoms with Gasteiger partial charge in [-0.3, -0.25) is 0 Å². The van der Waals surface area contributed by atoms with E-state index in [-0.39, 0.29) is 7.43 Å². The zero-order valence-electron chi connectivity index (χ0n) is 6.38. The zero-order valence-corrected chi connectivity index (χ0v) is 8.08. The molecule has 0 unspecified atom stereocenters. The molecular formula is C7H11ClCuNO-2. The first-order chi connectivity index (χ1) is 5.00. The molecule has 1 aromatic heterocycles. The smallest absolute Gasteiger partial charge is 0.0558 e. The summed E-state index contributed by atoms with van der Waals surface area (Å²) in [5.74, 6) is 0. The Balaban J connectivity index is -0.000000114. The number of hydrogen-bond donors (Lipinski definition) is 1. The van der Waals surface area contributed by atoms with E-state index >= 15 is 0 Å². The van der Waals surface area contributed by atoms with E-state index in [0.717, 1.165) is 7.11 Å². The maximum absolute atomic E-state index is 7.00. The van der Waals surface area contributed by atoms with Gasteiger partial charge in [0.25, 0.3) is 0 Å². The van der Waals surface area contributed by atoms with E-state index in [1.54, 1.807) is 12.4 Å². The van der Waals surface area contributed by atoms with Crippen LogP contribution in [0.15, 0.2) is 24.5 Å². The van der Waals surface area contributed by atoms with Crippen molar-refractivity contribution in [3.05, 3.63) is 38.0 Å². The molecule has 0 fully saturated rings. The molecule has 70 valence electrons. The molecule has 0 spiro atoms. The van der Waals surface area contributed by atoms with Crippen molar-refractivity contribution in [3.8, 4) is 0 Å². The monoisotopic (exact) mass is 223 g/mol. The fourth-order valence-corrected chi connectivity index (χ4v) is 0.277. The van der Waals surface area contributed by atoms with Crippen LogP contribution in [-0.2, 0) is 15.1 Å². The first-order valence-corrected chi connectivity index (χ1v) is 3.62. The Morgan fingerprint density at radius 3 is 2.09 bits per heavy atom. The average molecular weight is 224 g/mol. The van der Waals surface area contributed by atoms with Gasteiger partial charge in [0.05, 0.1) is 0 Å². The normalized spacial score (nSPS) is 5.55. The van der Waals surface area contributed by atoms with Gasteiger partial charge >= 0.3 is 25.2 Å². The van der Waals surface area contributed by atoms with E-state index in [2.05, 4.69) is 36.2 Å². The van der Waals surface area contributed by atoms with Gasteiger partial charge in [-0.05, 0) is 0 Å². The maximum Gasteiger partial charge on any atom is -0.0558 e. The van der Waals surface area contributed by atoms with Crippen LogP contribution in [0.5, 0.6) is 0 Å². The Bertz CT molecular complexity index is 90.4. The molecule has 1 N–H and O–H groups in total. The van der Waals surface area contributed by atoms with Crippen molar-refractivity contribution in [2.45, 2.75) is 0 Å². The van der Waals surface area contributed by atoms with Crippen molar-refractivity contribution >= 4 is 10.1 Å². The van der Waals surface area contributed by atoms with E-state index < -0.39 is 0 Å². The average Bonchev–Trinajstić information content (AvgIpc) is 2.14. The van der Waals surface area contributed by atoms with Crippen LogP contribution in [0.3, 0.4) is 0 Å². The first kappa shape index (κ1) is 17.1. The third-order valence-corrected chi connectivity index (χ3v) is 0.514. The number of aromatic nitrogens is 1. The Labute approximate surface area is 80.7 Å². The van der Waals surface area contributed by atoms with Crippen molar-refractivity contribution in [1.29, 1.82) is 0 Å². The van der Waals surface area contributed by atoms with Crippen LogP contribution in [0, 0.1) is 13.5 Å². The summed E-state index contributed by atoms with van der Waals surface area (Å²) in [5, 5.41) is 7.00. The van der Waals surface area contributed by atoms with Gasteiger partial charge in [0.1, 0.15) is 0 Å². The van der Waals surface area contributed by atoms with Crippen LogP contribution in [0.25, 0.3) is 0 Å². The maximum atomic E-state index is 7.00. The van der Waals surface area contributed by atoms with Crippen molar-refractivity contribution in [2.75, 3.05) is 7.11 Å². The molecule has 0 aromatic carbocycles. The summed E-state index contributed by atoms with van der Waals surface area (Å²) < 4.78 is 0. The van der Waals surface area contributed by atoms with Crippen LogP contribution in [0.4, 0.5) is 0 Å². The van der Waals surface area contributed by atoms with Crippen LogP contribution in [0.2, 0.25) is 0 Å². The van der Waals surface area contributed by atoms with Gasteiger partial charge in [-0.15, -0.1) is 0 Å². The summed E-state index contributed by atoms with van der Waals surface area (Å²) in [7, 11) is 5.20. The fourth-order valence-electron chi connectivity index (χ4n) is 0.277. The van der Waals surface area contributed by atoms with E-state index in [9.17, 15) is 0 Å². The molecule has 0 saturated carbocycles. The third-order valence-electron chi connectivity index (χ3n) is 0.514. The van der Waals surface area contributed by atoms with Gasteiger partial charge in [0.15, 0.2) is 0 Å². The Morgan fingerprint density at radius 2 is 2.00 bits per heavy atom. The van der Waals surface area contributed by atoms with Gasteiger partial charge in [-0.25, -0.2) is 12.1 Å². The molecule has 11 heavy (non-hydrogen) atoms.